The molecule has 1 heterocycles. The minimum Gasteiger partial charge on any atom is -0.458 e. The average Bonchev–Trinajstić information content (AvgIpc) is 3.27. The first-order chi connectivity index (χ1) is 16.1. The highest BCUT2D eigenvalue weighted by molar-refractivity contribution is 8.10. The molecule has 1 saturated heterocycles. The van der Waals surface area contributed by atoms with Crippen molar-refractivity contribution < 1.29 is 53.3 Å². The van der Waals surface area contributed by atoms with Gasteiger partial charge in [-0.15, -0.1) is 0 Å². The van der Waals surface area contributed by atoms with Crippen LogP contribution in [0.5, 0.6) is 0 Å². The molecule has 7 rings (SSSR count). The molecule has 7 fully saturated rings. The Morgan fingerprint density at radius 3 is 2.09 bits per heavy atom. The highest BCUT2D eigenvalue weighted by Crippen LogP contribution is 2.64. The lowest BCUT2D eigenvalue weighted by Crippen LogP contribution is -2.55. The molecule has 15 heteroatoms. The predicted molar refractivity (Wildman–Crippen MR) is 108 cm³/mol. The molecular weight excluding hydrogens is 519 g/mol. The van der Waals surface area contributed by atoms with Gasteiger partial charge in [-0.25, -0.2) is 16.8 Å². The van der Waals surface area contributed by atoms with Crippen LogP contribution in [0.4, 0.5) is 13.2 Å². The molecular formula is C20H23F3NO9S2-. The second-order valence-corrected chi connectivity index (χ2v) is 14.2. The van der Waals surface area contributed by atoms with Crippen molar-refractivity contribution in [1.82, 2.24) is 0 Å². The SMILES string of the molecule is O=C1OC2C(OS(=O)(=O)[N-]S(=O)(=O)C(F)(F)F)C3CC2C1(C(=O)OC12CC4CC(CC(C4)C1)C2)C3. The Bertz CT molecular complexity index is 1170. The summed E-state index contributed by atoms with van der Waals surface area (Å²) in [6, 6.07) is 0. The quantitative estimate of drug-likeness (QED) is 0.365. The zero-order chi connectivity index (χ0) is 25.2. The molecule has 35 heavy (non-hydrogen) atoms. The molecule has 196 valence electrons. The number of fused-ring (bicyclic) bond motifs is 1. The number of hydrogen-bond acceptors (Lipinski definition) is 9. The van der Waals surface area contributed by atoms with Crippen LogP contribution in [-0.4, -0.2) is 52.1 Å². The van der Waals surface area contributed by atoms with Crippen molar-refractivity contribution in [3.8, 4) is 0 Å². The standard InChI is InChI=1S/C20H23F3NO9S2/c21-20(22,23)34(27,28)24-35(29,30)33-14-12-4-13-15(14)31-16(25)19(13,8-12)17(26)32-18-5-9-1-10(6-18)3-11(2-9)7-18/h9-15H,1-8H2/q-1. The van der Waals surface area contributed by atoms with Gasteiger partial charge in [0, 0.05) is 5.92 Å². The van der Waals surface area contributed by atoms with Crippen molar-refractivity contribution in [2.75, 3.05) is 0 Å². The molecule has 0 amide bonds. The normalized spacial score (nSPS) is 45.7. The van der Waals surface area contributed by atoms with Gasteiger partial charge in [0.05, 0.1) is 0 Å². The summed E-state index contributed by atoms with van der Waals surface area (Å²) in [4.78, 5) is 26.4. The van der Waals surface area contributed by atoms with Gasteiger partial charge in [0.2, 0.25) is 10.3 Å². The Labute approximate surface area is 199 Å². The van der Waals surface area contributed by atoms with Crippen LogP contribution in [0.3, 0.4) is 0 Å². The highest BCUT2D eigenvalue weighted by Gasteiger charge is 2.76. The molecule has 5 atom stereocenters. The fraction of sp³-hybridized carbons (Fsp3) is 0.900. The largest absolute Gasteiger partial charge is 0.480 e. The Morgan fingerprint density at radius 1 is 0.971 bits per heavy atom. The Hall–Kier alpha value is -1.45. The first kappa shape index (κ1) is 23.9. The second kappa shape index (κ2) is 7.10. The molecule has 5 unspecified atom stereocenters. The smallest absolute Gasteiger partial charge is 0.458 e. The average molecular weight is 543 g/mol. The fourth-order valence-corrected chi connectivity index (χ4v) is 10.2. The number of esters is 2. The van der Waals surface area contributed by atoms with Gasteiger partial charge < -0.3 is 13.6 Å². The van der Waals surface area contributed by atoms with Crippen LogP contribution in [0.25, 0.3) is 4.13 Å². The third-order valence-corrected chi connectivity index (χ3v) is 11.5. The van der Waals surface area contributed by atoms with E-state index in [0.29, 0.717) is 17.8 Å². The molecule has 6 saturated carbocycles. The first-order valence-corrected chi connectivity index (χ1v) is 14.4. The van der Waals surface area contributed by atoms with Crippen LogP contribution in [-0.2, 0) is 43.6 Å². The van der Waals surface area contributed by atoms with Crippen molar-refractivity contribution in [2.45, 2.75) is 74.7 Å². The topological polar surface area (TPSA) is 144 Å². The molecule has 10 nitrogen and oxygen atoms in total. The number of nitrogens with zero attached hydrogens (tertiary/aromatic N) is 1. The number of carbonyl (C=O) groups excluding carboxylic acids is 2. The number of alkyl halides is 3. The summed E-state index contributed by atoms with van der Waals surface area (Å²) in [7, 11) is -11.9. The van der Waals surface area contributed by atoms with Crippen molar-refractivity contribution in [3.05, 3.63) is 4.13 Å². The van der Waals surface area contributed by atoms with Gasteiger partial charge in [-0.2, -0.15) is 13.2 Å². The van der Waals surface area contributed by atoms with E-state index in [2.05, 4.69) is 0 Å². The Kier molecular flexibility index (Phi) is 4.85. The van der Waals surface area contributed by atoms with Gasteiger partial charge in [-0.05, 0) is 75.0 Å². The van der Waals surface area contributed by atoms with Gasteiger partial charge >= 0.3 is 17.4 Å². The zero-order valence-corrected chi connectivity index (χ0v) is 19.9. The number of ether oxygens (including phenoxy) is 2. The maximum Gasteiger partial charge on any atom is 0.480 e. The van der Waals surface area contributed by atoms with Gasteiger partial charge in [0.15, 0.2) is 15.4 Å². The van der Waals surface area contributed by atoms with Crippen molar-refractivity contribution in [2.24, 2.45) is 35.0 Å². The summed E-state index contributed by atoms with van der Waals surface area (Å²) in [5, 5.41) is 0. The zero-order valence-electron chi connectivity index (χ0n) is 18.3. The molecule has 1 aliphatic heterocycles. The van der Waals surface area contributed by atoms with E-state index in [0.717, 1.165) is 38.5 Å². The number of halogens is 3. The summed E-state index contributed by atoms with van der Waals surface area (Å²) in [5.41, 5.74) is -8.14. The van der Waals surface area contributed by atoms with E-state index < -0.39 is 72.8 Å². The third-order valence-electron chi connectivity index (χ3n) is 8.94. The van der Waals surface area contributed by atoms with E-state index in [1.165, 1.54) is 0 Å². The number of hydrogen-bond donors (Lipinski definition) is 0. The lowest BCUT2D eigenvalue weighted by Gasteiger charge is -2.56. The van der Waals surface area contributed by atoms with E-state index >= 15 is 0 Å². The summed E-state index contributed by atoms with van der Waals surface area (Å²) >= 11 is 0. The van der Waals surface area contributed by atoms with Crippen LogP contribution in [0, 0.1) is 35.0 Å². The minimum absolute atomic E-state index is 0.148. The molecule has 0 spiro atoms. The van der Waals surface area contributed by atoms with E-state index in [9.17, 15) is 39.6 Å². The predicted octanol–water partition coefficient (Wildman–Crippen LogP) is 2.30. The van der Waals surface area contributed by atoms with Gasteiger partial charge in [0.25, 0.3) is 0 Å². The highest BCUT2D eigenvalue weighted by atomic mass is 32.3. The lowest BCUT2D eigenvalue weighted by molar-refractivity contribution is -0.199. The van der Waals surface area contributed by atoms with Crippen LogP contribution in [0.2, 0.25) is 0 Å². The van der Waals surface area contributed by atoms with Crippen LogP contribution in [0.1, 0.15) is 51.4 Å². The number of rotatable bonds is 6. The minimum atomic E-state index is -6.36. The maximum atomic E-state index is 13.5. The van der Waals surface area contributed by atoms with Crippen LogP contribution < -0.4 is 0 Å². The molecule has 6 bridgehead atoms. The summed E-state index contributed by atoms with van der Waals surface area (Å²) < 4.78 is 102. The molecule has 0 N–H and O–H groups in total. The van der Waals surface area contributed by atoms with Gasteiger partial charge in [-0.1, -0.05) is 0 Å². The van der Waals surface area contributed by atoms with Crippen LogP contribution >= 0.6 is 0 Å². The maximum absolute atomic E-state index is 13.5. The molecule has 0 aromatic rings. The Balaban J connectivity index is 1.19. The second-order valence-electron chi connectivity index (χ2n) is 11.1. The summed E-state index contributed by atoms with van der Waals surface area (Å²) in [6.45, 7) is 0. The number of sulfonamides is 1. The summed E-state index contributed by atoms with van der Waals surface area (Å²) in [5.74, 6) is -1.59. The third kappa shape index (κ3) is 3.47. The Morgan fingerprint density at radius 2 is 1.54 bits per heavy atom. The molecule has 7 aliphatic rings. The monoisotopic (exact) mass is 542 g/mol. The number of carbonyl (C=O) groups is 2. The van der Waals surface area contributed by atoms with Crippen LogP contribution in [0.15, 0.2) is 0 Å². The molecule has 0 aromatic heterocycles. The van der Waals surface area contributed by atoms with E-state index in [1.54, 1.807) is 0 Å². The van der Waals surface area contributed by atoms with Gasteiger partial charge in [-0.3, -0.25) is 13.8 Å². The van der Waals surface area contributed by atoms with Crippen molar-refractivity contribution in [3.63, 3.8) is 0 Å². The molecule has 0 aromatic carbocycles. The van der Waals surface area contributed by atoms with E-state index in [4.69, 9.17) is 13.7 Å². The van der Waals surface area contributed by atoms with Crippen molar-refractivity contribution >= 4 is 32.3 Å². The first-order valence-electron chi connectivity index (χ1n) is 11.6. The van der Waals surface area contributed by atoms with E-state index in [1.807, 2.05) is 4.13 Å². The summed E-state index contributed by atoms with van der Waals surface area (Å²) in [6.07, 6.45) is 2.97. The van der Waals surface area contributed by atoms with E-state index in [-0.39, 0.29) is 12.8 Å². The fourth-order valence-electron chi connectivity index (χ4n) is 8.17. The van der Waals surface area contributed by atoms with Crippen molar-refractivity contribution in [1.29, 1.82) is 0 Å². The molecule has 0 radical (unpaired) electrons. The lowest BCUT2D eigenvalue weighted by atomic mass is 9.54. The van der Waals surface area contributed by atoms with Gasteiger partial charge in [0.1, 0.15) is 17.8 Å². The molecule has 6 aliphatic carbocycles.